The Balaban J connectivity index is 2.26. The standard InChI is InChI=1S/C17H16N4O2S/c1-3-18-10-16(24-12-23-11-22)14-7-13(2)8-15(9-14)21-17-19-5-4-6-20-17/h1,4-11,18H,12H2,2H3,(H,19,20,21)/b16-10-. The van der Waals surface area contributed by atoms with Crippen LogP contribution in [-0.2, 0) is 9.53 Å². The Labute approximate surface area is 144 Å². The van der Waals surface area contributed by atoms with E-state index in [1.54, 1.807) is 24.7 Å². The van der Waals surface area contributed by atoms with Crippen molar-refractivity contribution in [2.45, 2.75) is 6.92 Å². The van der Waals surface area contributed by atoms with Gasteiger partial charge in [-0.3, -0.25) is 4.79 Å². The molecule has 24 heavy (non-hydrogen) atoms. The first-order chi connectivity index (χ1) is 11.7. The van der Waals surface area contributed by atoms with Gasteiger partial charge in [-0.05, 0) is 36.2 Å². The molecule has 0 aliphatic rings. The van der Waals surface area contributed by atoms with Gasteiger partial charge in [-0.15, -0.1) is 0 Å². The molecule has 0 aliphatic carbocycles. The molecule has 0 saturated heterocycles. The fraction of sp³-hybridized carbons (Fsp3) is 0.118. The van der Waals surface area contributed by atoms with Crippen LogP contribution in [0, 0.1) is 19.4 Å². The molecule has 0 amide bonds. The van der Waals surface area contributed by atoms with Crippen LogP contribution >= 0.6 is 11.8 Å². The number of ether oxygens (including phenoxy) is 1. The first-order valence-electron chi connectivity index (χ1n) is 6.98. The van der Waals surface area contributed by atoms with E-state index in [9.17, 15) is 4.79 Å². The molecule has 0 bridgehead atoms. The van der Waals surface area contributed by atoms with Crippen LogP contribution in [0.5, 0.6) is 0 Å². The van der Waals surface area contributed by atoms with Crippen LogP contribution in [0.25, 0.3) is 4.91 Å². The van der Waals surface area contributed by atoms with Crippen LogP contribution in [0.3, 0.4) is 0 Å². The molecule has 2 aromatic rings. The lowest BCUT2D eigenvalue weighted by molar-refractivity contribution is -0.126. The molecule has 0 fully saturated rings. The Morgan fingerprint density at radius 3 is 2.88 bits per heavy atom. The number of aryl methyl sites for hydroxylation is 1. The molecule has 1 aromatic carbocycles. The topological polar surface area (TPSA) is 76.1 Å². The van der Waals surface area contributed by atoms with Gasteiger partial charge >= 0.3 is 0 Å². The number of thioether (sulfide) groups is 1. The van der Waals surface area contributed by atoms with Gasteiger partial charge in [0, 0.05) is 35.2 Å². The van der Waals surface area contributed by atoms with Crippen LogP contribution in [-0.4, -0.2) is 22.4 Å². The summed E-state index contributed by atoms with van der Waals surface area (Å²) in [6.45, 7) is 2.40. The summed E-state index contributed by atoms with van der Waals surface area (Å²) in [5.41, 5.74) is 2.82. The van der Waals surface area contributed by atoms with Crippen LogP contribution in [0.4, 0.5) is 11.6 Å². The highest BCUT2D eigenvalue weighted by Crippen LogP contribution is 2.30. The molecular formula is C17H16N4O2S. The molecule has 0 atom stereocenters. The van der Waals surface area contributed by atoms with Crippen LogP contribution < -0.4 is 10.6 Å². The minimum absolute atomic E-state index is 0.195. The van der Waals surface area contributed by atoms with E-state index in [0.717, 1.165) is 21.7 Å². The third-order valence-corrected chi connectivity index (χ3v) is 3.74. The Morgan fingerprint density at radius 2 is 2.17 bits per heavy atom. The van der Waals surface area contributed by atoms with Crippen molar-refractivity contribution < 1.29 is 9.53 Å². The van der Waals surface area contributed by atoms with E-state index in [0.29, 0.717) is 12.4 Å². The molecule has 1 aromatic heterocycles. The van der Waals surface area contributed by atoms with E-state index in [1.165, 1.54) is 11.8 Å². The second kappa shape index (κ2) is 9.22. The van der Waals surface area contributed by atoms with Crippen molar-refractivity contribution in [3.05, 3.63) is 54.0 Å². The fourth-order valence-corrected chi connectivity index (χ4v) is 2.61. The SMILES string of the molecule is C#CN/C=C(\SCOC=O)c1cc(C)cc(Nc2ncccn2)c1. The van der Waals surface area contributed by atoms with Crippen molar-refractivity contribution in [3.63, 3.8) is 0 Å². The third kappa shape index (κ3) is 5.34. The van der Waals surface area contributed by atoms with Crippen molar-refractivity contribution in [2.24, 2.45) is 0 Å². The summed E-state index contributed by atoms with van der Waals surface area (Å²) >= 11 is 1.35. The van der Waals surface area contributed by atoms with Gasteiger partial charge in [-0.25, -0.2) is 9.97 Å². The summed E-state index contributed by atoms with van der Waals surface area (Å²) in [5, 5.41) is 5.87. The zero-order valence-corrected chi connectivity index (χ0v) is 13.8. The lowest BCUT2D eigenvalue weighted by Gasteiger charge is -2.11. The quantitative estimate of drug-likeness (QED) is 0.252. The Morgan fingerprint density at radius 1 is 1.38 bits per heavy atom. The molecule has 122 valence electrons. The molecule has 6 nitrogen and oxygen atoms in total. The normalized spacial score (nSPS) is 10.6. The average molecular weight is 340 g/mol. The molecule has 0 spiro atoms. The van der Waals surface area contributed by atoms with Gasteiger partial charge in [0.15, 0.2) is 0 Å². The average Bonchev–Trinajstić information content (AvgIpc) is 2.58. The lowest BCUT2D eigenvalue weighted by atomic mass is 10.1. The van der Waals surface area contributed by atoms with E-state index in [1.807, 2.05) is 25.1 Å². The van der Waals surface area contributed by atoms with Gasteiger partial charge in [0.2, 0.25) is 5.95 Å². The highest BCUT2D eigenvalue weighted by atomic mass is 32.2. The second-order valence-electron chi connectivity index (χ2n) is 4.61. The van der Waals surface area contributed by atoms with Gasteiger partial charge in [-0.1, -0.05) is 24.3 Å². The Kier molecular flexibility index (Phi) is 6.68. The molecule has 1 heterocycles. The fourth-order valence-electron chi connectivity index (χ4n) is 1.93. The zero-order valence-electron chi connectivity index (χ0n) is 13.0. The summed E-state index contributed by atoms with van der Waals surface area (Å²) in [6, 6.07) is 10.0. The van der Waals surface area contributed by atoms with Gasteiger partial charge in [0.25, 0.3) is 6.47 Å². The number of rotatable bonds is 8. The first kappa shape index (κ1) is 17.4. The highest BCUT2D eigenvalue weighted by molar-refractivity contribution is 8.08. The summed E-state index contributed by atoms with van der Waals surface area (Å²) < 4.78 is 4.75. The number of aromatic nitrogens is 2. The van der Waals surface area contributed by atoms with E-state index < -0.39 is 0 Å². The number of nitrogens with one attached hydrogen (secondary N) is 2. The van der Waals surface area contributed by atoms with Gasteiger partial charge in [-0.2, -0.15) is 0 Å². The number of nitrogens with zero attached hydrogens (tertiary/aromatic N) is 2. The van der Waals surface area contributed by atoms with Crippen molar-refractivity contribution in [1.82, 2.24) is 15.3 Å². The second-order valence-corrected chi connectivity index (χ2v) is 5.57. The largest absolute Gasteiger partial charge is 0.456 e. The van der Waals surface area contributed by atoms with E-state index in [4.69, 9.17) is 11.2 Å². The van der Waals surface area contributed by atoms with Crippen molar-refractivity contribution in [1.29, 1.82) is 0 Å². The van der Waals surface area contributed by atoms with E-state index >= 15 is 0 Å². The van der Waals surface area contributed by atoms with Crippen LogP contribution in [0.2, 0.25) is 0 Å². The van der Waals surface area contributed by atoms with Crippen molar-refractivity contribution >= 4 is 34.8 Å². The first-order valence-corrected chi connectivity index (χ1v) is 7.97. The maximum atomic E-state index is 10.3. The molecular weight excluding hydrogens is 324 g/mol. The predicted molar refractivity (Wildman–Crippen MR) is 96.0 cm³/mol. The molecule has 0 unspecified atom stereocenters. The number of carbonyl (C=O) groups is 1. The lowest BCUT2D eigenvalue weighted by Crippen LogP contribution is -1.99. The van der Waals surface area contributed by atoms with Gasteiger partial charge in [0.05, 0.1) is 0 Å². The Bertz CT molecular complexity index is 757. The van der Waals surface area contributed by atoms with E-state index in [2.05, 4.69) is 26.6 Å². The predicted octanol–water partition coefficient (Wildman–Crippen LogP) is 2.87. The maximum absolute atomic E-state index is 10.3. The number of hydrogen-bond acceptors (Lipinski definition) is 7. The molecule has 0 radical (unpaired) electrons. The van der Waals surface area contributed by atoms with Crippen LogP contribution in [0.1, 0.15) is 11.1 Å². The monoisotopic (exact) mass is 340 g/mol. The molecule has 7 heteroatoms. The highest BCUT2D eigenvalue weighted by Gasteiger charge is 2.07. The molecule has 0 saturated carbocycles. The van der Waals surface area contributed by atoms with E-state index in [-0.39, 0.29) is 5.94 Å². The third-order valence-electron chi connectivity index (χ3n) is 2.82. The number of hydrogen-bond donors (Lipinski definition) is 2. The smallest absolute Gasteiger partial charge is 0.293 e. The summed E-state index contributed by atoms with van der Waals surface area (Å²) in [4.78, 5) is 19.5. The summed E-state index contributed by atoms with van der Waals surface area (Å²) in [6.07, 6.45) is 10.3. The minimum Gasteiger partial charge on any atom is -0.456 e. The number of terminal acetylenes is 1. The number of carbonyl (C=O) groups excluding carboxylic acids is 1. The van der Waals surface area contributed by atoms with Gasteiger partial charge < -0.3 is 15.4 Å². The van der Waals surface area contributed by atoms with Crippen LogP contribution in [0.15, 0.2) is 42.9 Å². The molecule has 2 rings (SSSR count). The van der Waals surface area contributed by atoms with Crippen molar-refractivity contribution in [2.75, 3.05) is 11.3 Å². The Hall–Kier alpha value is -2.98. The summed E-state index contributed by atoms with van der Waals surface area (Å²) in [7, 11) is 0. The zero-order chi connectivity index (χ0) is 17.2. The number of benzene rings is 1. The van der Waals surface area contributed by atoms with Gasteiger partial charge in [0.1, 0.15) is 5.94 Å². The maximum Gasteiger partial charge on any atom is 0.293 e. The summed E-state index contributed by atoms with van der Waals surface area (Å²) in [5.74, 6) is 0.707. The van der Waals surface area contributed by atoms with Crippen molar-refractivity contribution in [3.8, 4) is 12.5 Å². The molecule has 2 N–H and O–H groups in total. The molecule has 0 aliphatic heterocycles. The number of anilines is 2. The minimum atomic E-state index is 0.195.